The fourth-order valence-corrected chi connectivity index (χ4v) is 1.45. The van der Waals surface area contributed by atoms with Crippen LogP contribution in [0.3, 0.4) is 0 Å². The molecule has 0 aromatic heterocycles. The third-order valence-corrected chi connectivity index (χ3v) is 2.44. The lowest BCUT2D eigenvalue weighted by Gasteiger charge is -2.08. The van der Waals surface area contributed by atoms with Crippen LogP contribution in [0.2, 0.25) is 0 Å². The maximum Gasteiger partial charge on any atom is 0.00314 e. The quantitative estimate of drug-likeness (QED) is 0.577. The molecule has 0 saturated heterocycles. The van der Waals surface area contributed by atoms with E-state index in [1.807, 2.05) is 0 Å². The molecule has 0 N–H and O–H groups in total. The average Bonchev–Trinajstić information content (AvgIpc) is 1.97. The van der Waals surface area contributed by atoms with Gasteiger partial charge in [-0.1, -0.05) is 49.0 Å². The smallest absolute Gasteiger partial charge is 0.00314 e. The second-order valence-electron chi connectivity index (χ2n) is 3.08. The molecule has 0 aromatic carbocycles. The third-order valence-electron chi connectivity index (χ3n) is 1.88. The van der Waals surface area contributed by atoms with E-state index < -0.39 is 0 Å². The number of unbranched alkanes of at least 4 members (excludes halogenated alkanes) is 1. The summed E-state index contributed by atoms with van der Waals surface area (Å²) in [7, 11) is 0. The van der Waals surface area contributed by atoms with Crippen molar-refractivity contribution in [3.8, 4) is 0 Å². The minimum absolute atomic E-state index is 0.942. The molecule has 0 nitrogen and oxygen atoms in total. The Morgan fingerprint density at radius 2 is 1.80 bits per heavy atom. The molecule has 0 aliphatic rings. The molecule has 0 aliphatic carbocycles. The number of hydrogen-bond donors (Lipinski definition) is 0. The highest BCUT2D eigenvalue weighted by Crippen LogP contribution is 2.13. The van der Waals surface area contributed by atoms with Crippen molar-refractivity contribution < 1.29 is 0 Å². The molecule has 0 saturated carbocycles. The van der Waals surface area contributed by atoms with Crippen LogP contribution in [0.1, 0.15) is 46.0 Å². The molecule has 0 fully saturated rings. The lowest BCUT2D eigenvalue weighted by molar-refractivity contribution is 0.468. The van der Waals surface area contributed by atoms with Gasteiger partial charge in [-0.2, -0.15) is 0 Å². The van der Waals surface area contributed by atoms with Crippen LogP contribution in [0, 0.1) is 5.92 Å². The average molecular weight is 207 g/mol. The van der Waals surface area contributed by atoms with Crippen molar-refractivity contribution in [2.45, 2.75) is 46.0 Å². The Balaban J connectivity index is 3.00. The Hall–Kier alpha value is 0.480. The summed E-state index contributed by atoms with van der Waals surface area (Å²) in [5.74, 6) is 0.942. The first-order valence-corrected chi connectivity index (χ1v) is 5.49. The summed E-state index contributed by atoms with van der Waals surface area (Å²) in [4.78, 5) is 0. The van der Waals surface area contributed by atoms with Crippen LogP contribution in [0.4, 0.5) is 0 Å². The fraction of sp³-hybridized carbons (Fsp3) is 1.00. The molecule has 0 aliphatic heterocycles. The van der Waals surface area contributed by atoms with Gasteiger partial charge in [0.05, 0.1) is 0 Å². The van der Waals surface area contributed by atoms with Crippen molar-refractivity contribution in [2.24, 2.45) is 5.92 Å². The van der Waals surface area contributed by atoms with Gasteiger partial charge in [0.25, 0.3) is 0 Å². The SMILES string of the molecule is CCCC[C@H](C)CCCBr. The summed E-state index contributed by atoms with van der Waals surface area (Å²) >= 11 is 3.45. The van der Waals surface area contributed by atoms with Gasteiger partial charge < -0.3 is 0 Å². The van der Waals surface area contributed by atoms with E-state index in [9.17, 15) is 0 Å². The van der Waals surface area contributed by atoms with Gasteiger partial charge in [-0.25, -0.2) is 0 Å². The van der Waals surface area contributed by atoms with Crippen LogP contribution in [-0.4, -0.2) is 5.33 Å². The second-order valence-corrected chi connectivity index (χ2v) is 3.87. The van der Waals surface area contributed by atoms with Crippen molar-refractivity contribution in [3.05, 3.63) is 0 Å². The topological polar surface area (TPSA) is 0 Å². The molecule has 1 heteroatoms. The van der Waals surface area contributed by atoms with Crippen LogP contribution >= 0.6 is 15.9 Å². The van der Waals surface area contributed by atoms with Crippen LogP contribution in [0.5, 0.6) is 0 Å². The molecule has 0 aromatic rings. The highest BCUT2D eigenvalue weighted by molar-refractivity contribution is 9.09. The maximum absolute atomic E-state index is 3.45. The third kappa shape index (κ3) is 6.60. The van der Waals surface area contributed by atoms with Gasteiger partial charge in [-0.05, 0) is 18.8 Å². The number of rotatable bonds is 6. The summed E-state index contributed by atoms with van der Waals surface area (Å²) in [5.41, 5.74) is 0. The molecule has 1 atom stereocenters. The minimum atomic E-state index is 0.942. The first kappa shape index (κ1) is 10.5. The molecule has 0 unspecified atom stereocenters. The van der Waals surface area contributed by atoms with Gasteiger partial charge in [0.1, 0.15) is 0 Å². The Kier molecular flexibility index (Phi) is 7.95. The van der Waals surface area contributed by atoms with Gasteiger partial charge in [0.15, 0.2) is 0 Å². The largest absolute Gasteiger partial charge is 0.0928 e. The van der Waals surface area contributed by atoms with Crippen molar-refractivity contribution in [1.29, 1.82) is 0 Å². The van der Waals surface area contributed by atoms with Crippen molar-refractivity contribution in [3.63, 3.8) is 0 Å². The Bertz CT molecular complexity index is 53.7. The highest BCUT2D eigenvalue weighted by Gasteiger charge is 1.99. The number of halogens is 1. The summed E-state index contributed by atoms with van der Waals surface area (Å²) in [6.07, 6.45) is 6.90. The lowest BCUT2D eigenvalue weighted by atomic mass is 10.00. The van der Waals surface area contributed by atoms with E-state index in [1.54, 1.807) is 0 Å². The summed E-state index contributed by atoms with van der Waals surface area (Å²) in [6.45, 7) is 4.62. The molecule has 10 heavy (non-hydrogen) atoms. The number of alkyl halides is 1. The minimum Gasteiger partial charge on any atom is -0.0928 e. The van der Waals surface area contributed by atoms with Gasteiger partial charge in [0.2, 0.25) is 0 Å². The van der Waals surface area contributed by atoms with E-state index in [-0.39, 0.29) is 0 Å². The molecule has 0 amide bonds. The lowest BCUT2D eigenvalue weighted by Crippen LogP contribution is -1.94. The normalized spacial score (nSPS) is 13.5. The van der Waals surface area contributed by atoms with E-state index in [1.165, 1.54) is 37.4 Å². The summed E-state index contributed by atoms with van der Waals surface area (Å²) in [5, 5.41) is 1.17. The maximum atomic E-state index is 3.45. The van der Waals surface area contributed by atoms with Gasteiger partial charge in [-0.15, -0.1) is 0 Å². The molecule has 0 bridgehead atoms. The van der Waals surface area contributed by atoms with Crippen LogP contribution < -0.4 is 0 Å². The first-order chi connectivity index (χ1) is 4.81. The molecule has 0 heterocycles. The van der Waals surface area contributed by atoms with Crippen molar-refractivity contribution >= 4 is 15.9 Å². The molecule has 62 valence electrons. The van der Waals surface area contributed by atoms with Crippen LogP contribution in [0.15, 0.2) is 0 Å². The zero-order chi connectivity index (χ0) is 7.82. The molecule has 0 spiro atoms. The van der Waals surface area contributed by atoms with Crippen molar-refractivity contribution in [1.82, 2.24) is 0 Å². The summed E-state index contributed by atoms with van der Waals surface area (Å²) < 4.78 is 0. The second kappa shape index (κ2) is 7.59. The predicted octanol–water partition coefficient (Wildman–Crippen LogP) is 3.99. The number of hydrogen-bond acceptors (Lipinski definition) is 0. The Labute approximate surface area is 73.5 Å². The first-order valence-electron chi connectivity index (χ1n) is 4.37. The van der Waals surface area contributed by atoms with E-state index >= 15 is 0 Å². The van der Waals surface area contributed by atoms with E-state index in [0.717, 1.165) is 5.92 Å². The molecular formula is C9H19Br. The van der Waals surface area contributed by atoms with Gasteiger partial charge in [0, 0.05) is 5.33 Å². The van der Waals surface area contributed by atoms with E-state index in [4.69, 9.17) is 0 Å². The summed E-state index contributed by atoms with van der Waals surface area (Å²) in [6, 6.07) is 0. The fourth-order valence-electron chi connectivity index (χ4n) is 1.12. The van der Waals surface area contributed by atoms with Gasteiger partial charge in [-0.3, -0.25) is 0 Å². The Morgan fingerprint density at radius 3 is 2.30 bits per heavy atom. The zero-order valence-electron chi connectivity index (χ0n) is 7.20. The van der Waals surface area contributed by atoms with Crippen LogP contribution in [-0.2, 0) is 0 Å². The highest BCUT2D eigenvalue weighted by atomic mass is 79.9. The molecule has 0 rings (SSSR count). The van der Waals surface area contributed by atoms with Crippen molar-refractivity contribution in [2.75, 3.05) is 5.33 Å². The zero-order valence-corrected chi connectivity index (χ0v) is 8.78. The standard InChI is InChI=1S/C9H19Br/c1-3-4-6-9(2)7-5-8-10/h9H,3-8H2,1-2H3/t9-/m0/s1. The van der Waals surface area contributed by atoms with E-state index in [0.29, 0.717) is 0 Å². The predicted molar refractivity (Wildman–Crippen MR) is 51.7 cm³/mol. The monoisotopic (exact) mass is 206 g/mol. The molecular weight excluding hydrogens is 188 g/mol. The molecule has 0 radical (unpaired) electrons. The van der Waals surface area contributed by atoms with Gasteiger partial charge >= 0.3 is 0 Å². The Morgan fingerprint density at radius 1 is 1.20 bits per heavy atom. The van der Waals surface area contributed by atoms with Crippen LogP contribution in [0.25, 0.3) is 0 Å². The van der Waals surface area contributed by atoms with E-state index in [2.05, 4.69) is 29.8 Å².